The zero-order valence-electron chi connectivity index (χ0n) is 3.72. The van der Waals surface area contributed by atoms with Gasteiger partial charge < -0.3 is 15.6 Å². The van der Waals surface area contributed by atoms with E-state index >= 15 is 0 Å². The molecule has 38 valence electrons. The van der Waals surface area contributed by atoms with Crippen molar-refractivity contribution in [2.45, 2.75) is 0 Å². The van der Waals surface area contributed by atoms with E-state index in [-0.39, 0.29) is 5.06 Å². The van der Waals surface area contributed by atoms with Crippen LogP contribution in [0.1, 0.15) is 0 Å². The monoisotopic (exact) mass is 98.0 g/mol. The number of hydroxylamine groups is 2. The molecule has 1 aliphatic heterocycles. The lowest BCUT2D eigenvalue weighted by atomic mass is 10.7. The average molecular weight is 98.1 g/mol. The maximum absolute atomic E-state index is 10.2. The topological polar surface area (TPSA) is 39.5 Å². The Morgan fingerprint density at radius 2 is 1.86 bits per heavy atom. The van der Waals surface area contributed by atoms with Gasteiger partial charge in [0, 0.05) is 0 Å². The fraction of sp³-hybridized carbons (Fsp3) is 0. The van der Waals surface area contributed by atoms with E-state index in [1.54, 1.807) is 12.4 Å². The molecule has 3 heteroatoms. The van der Waals surface area contributed by atoms with Crippen LogP contribution in [0, 0.1) is 5.21 Å². The second-order valence-corrected chi connectivity index (χ2v) is 1.24. The van der Waals surface area contributed by atoms with E-state index < -0.39 is 0 Å². The third kappa shape index (κ3) is 1.03. The molecule has 0 fully saturated rings. The average Bonchev–Trinajstić information content (AvgIpc) is 1.69. The van der Waals surface area contributed by atoms with Gasteiger partial charge in [-0.25, -0.2) is 0 Å². The van der Waals surface area contributed by atoms with Crippen LogP contribution in [0.4, 0.5) is 0 Å². The maximum atomic E-state index is 10.2. The van der Waals surface area contributed by atoms with Crippen molar-refractivity contribution in [2.24, 2.45) is 0 Å². The van der Waals surface area contributed by atoms with E-state index in [1.165, 1.54) is 12.4 Å². The van der Waals surface area contributed by atoms with E-state index in [2.05, 4.69) is 5.32 Å². The molecule has 0 spiro atoms. The fourth-order valence-corrected chi connectivity index (χ4v) is 0.372. The van der Waals surface area contributed by atoms with Crippen molar-refractivity contribution in [1.82, 2.24) is 5.32 Å². The minimum atomic E-state index is 0.0405. The zero-order valence-corrected chi connectivity index (χ0v) is 3.72. The van der Waals surface area contributed by atoms with Gasteiger partial charge >= 0.3 is 0 Å². The minimum absolute atomic E-state index is 0.0405. The van der Waals surface area contributed by atoms with Crippen molar-refractivity contribution < 1.29 is 5.06 Å². The predicted octanol–water partition coefficient (Wildman–Crippen LogP) is -1.09. The maximum Gasteiger partial charge on any atom is 0.115 e. The van der Waals surface area contributed by atoms with Crippen molar-refractivity contribution in [1.29, 1.82) is 0 Å². The number of nitrogens with one attached hydrogen (secondary N) is 2. The highest BCUT2D eigenvalue weighted by atomic mass is 16.5. The van der Waals surface area contributed by atoms with Gasteiger partial charge in [0.05, 0.1) is 12.4 Å². The van der Waals surface area contributed by atoms with Gasteiger partial charge in [-0.05, 0) is 0 Å². The van der Waals surface area contributed by atoms with Crippen LogP contribution >= 0.6 is 0 Å². The molecule has 0 saturated carbocycles. The minimum Gasteiger partial charge on any atom is -0.624 e. The van der Waals surface area contributed by atoms with E-state index in [9.17, 15) is 5.21 Å². The molecule has 2 N–H and O–H groups in total. The molecular weight excluding hydrogens is 92.1 g/mol. The second kappa shape index (κ2) is 1.77. The summed E-state index contributed by atoms with van der Waals surface area (Å²) in [6.07, 6.45) is 6.14. The molecule has 0 atom stereocenters. The van der Waals surface area contributed by atoms with Crippen molar-refractivity contribution in [3.63, 3.8) is 0 Å². The first-order valence-electron chi connectivity index (χ1n) is 2.03. The van der Waals surface area contributed by atoms with Crippen LogP contribution in [-0.4, -0.2) is 0 Å². The lowest BCUT2D eigenvalue weighted by molar-refractivity contribution is -0.731. The number of hydrogen-bond donors (Lipinski definition) is 2. The van der Waals surface area contributed by atoms with Crippen molar-refractivity contribution >= 4 is 0 Å². The van der Waals surface area contributed by atoms with Crippen LogP contribution in [0.15, 0.2) is 24.8 Å². The van der Waals surface area contributed by atoms with Gasteiger partial charge in [-0.1, -0.05) is 0 Å². The standard InChI is InChI=1S/C4H6N2O/c7-6-3-1-5-2-4-6/h1-6H. The Balaban J connectivity index is 2.49. The van der Waals surface area contributed by atoms with Gasteiger partial charge in [0.2, 0.25) is 0 Å². The summed E-state index contributed by atoms with van der Waals surface area (Å²) in [5.41, 5.74) is 0. The van der Waals surface area contributed by atoms with Gasteiger partial charge in [-0.2, -0.15) is 0 Å². The lowest BCUT2D eigenvalue weighted by Gasteiger charge is -2.12. The van der Waals surface area contributed by atoms with E-state index in [4.69, 9.17) is 0 Å². The largest absolute Gasteiger partial charge is 0.624 e. The van der Waals surface area contributed by atoms with E-state index in [1.807, 2.05) is 0 Å². The summed E-state index contributed by atoms with van der Waals surface area (Å²) in [5.74, 6) is 0. The Morgan fingerprint density at radius 1 is 1.29 bits per heavy atom. The van der Waals surface area contributed by atoms with Crippen LogP contribution in [-0.2, 0) is 0 Å². The Labute approximate surface area is 41.5 Å². The first-order chi connectivity index (χ1) is 3.39. The molecule has 0 amide bonds. The quantitative estimate of drug-likeness (QED) is 0.378. The molecule has 7 heavy (non-hydrogen) atoms. The Bertz CT molecular complexity index is 96.3. The Morgan fingerprint density at radius 3 is 2.14 bits per heavy atom. The molecule has 1 heterocycles. The summed E-state index contributed by atoms with van der Waals surface area (Å²) < 4.78 is 0. The molecule has 0 saturated heterocycles. The Kier molecular flexibility index (Phi) is 1.10. The molecule has 0 unspecified atom stereocenters. The summed E-state index contributed by atoms with van der Waals surface area (Å²) in [6, 6.07) is 0. The van der Waals surface area contributed by atoms with E-state index in [0.717, 1.165) is 0 Å². The van der Waals surface area contributed by atoms with Gasteiger partial charge in [0.1, 0.15) is 12.4 Å². The molecule has 3 nitrogen and oxygen atoms in total. The highest BCUT2D eigenvalue weighted by molar-refractivity contribution is 4.85. The van der Waals surface area contributed by atoms with Gasteiger partial charge in [0.25, 0.3) is 0 Å². The molecular formula is C4H6N2O. The summed E-state index contributed by atoms with van der Waals surface area (Å²) in [4.78, 5) is 0. The first kappa shape index (κ1) is 4.36. The molecule has 0 aromatic heterocycles. The van der Waals surface area contributed by atoms with Gasteiger partial charge in [-0.3, -0.25) is 0 Å². The van der Waals surface area contributed by atoms with Crippen molar-refractivity contribution in [2.75, 3.05) is 0 Å². The van der Waals surface area contributed by atoms with Crippen molar-refractivity contribution in [3.05, 3.63) is 30.0 Å². The molecule has 1 rings (SSSR count). The normalized spacial score (nSPS) is 19.6. The van der Waals surface area contributed by atoms with Crippen LogP contribution < -0.4 is 10.4 Å². The SMILES string of the molecule is [O-][NH+]1C=CNC=C1. The highest BCUT2D eigenvalue weighted by Gasteiger charge is 1.84. The Hall–Kier alpha value is -0.800. The van der Waals surface area contributed by atoms with Crippen LogP contribution in [0.3, 0.4) is 0 Å². The molecule has 0 aromatic rings. The van der Waals surface area contributed by atoms with Gasteiger partial charge in [-0.15, -0.1) is 0 Å². The molecule has 0 radical (unpaired) electrons. The number of rotatable bonds is 0. The second-order valence-electron chi connectivity index (χ2n) is 1.24. The number of hydrogen-bond acceptors (Lipinski definition) is 2. The van der Waals surface area contributed by atoms with E-state index in [0.29, 0.717) is 0 Å². The third-order valence-corrected chi connectivity index (χ3v) is 0.688. The molecule has 0 aliphatic carbocycles. The smallest absolute Gasteiger partial charge is 0.115 e. The molecule has 0 bridgehead atoms. The summed E-state index contributed by atoms with van der Waals surface area (Å²) in [6.45, 7) is 0. The lowest BCUT2D eigenvalue weighted by Crippen LogP contribution is -2.97. The zero-order chi connectivity index (χ0) is 5.11. The molecule has 1 aliphatic rings. The summed E-state index contributed by atoms with van der Waals surface area (Å²) in [7, 11) is 0. The summed E-state index contributed by atoms with van der Waals surface area (Å²) >= 11 is 0. The fourth-order valence-electron chi connectivity index (χ4n) is 0.372. The van der Waals surface area contributed by atoms with Crippen molar-refractivity contribution in [3.8, 4) is 0 Å². The number of quaternary nitrogens is 1. The third-order valence-electron chi connectivity index (χ3n) is 0.688. The van der Waals surface area contributed by atoms with Crippen LogP contribution in [0.25, 0.3) is 0 Å². The highest BCUT2D eigenvalue weighted by Crippen LogP contribution is 1.64. The van der Waals surface area contributed by atoms with Crippen LogP contribution in [0.5, 0.6) is 0 Å². The summed E-state index contributed by atoms with van der Waals surface area (Å²) in [5, 5.41) is 13.0. The predicted molar refractivity (Wildman–Crippen MR) is 25.7 cm³/mol. The van der Waals surface area contributed by atoms with Crippen LogP contribution in [0.2, 0.25) is 0 Å². The van der Waals surface area contributed by atoms with Gasteiger partial charge in [0.15, 0.2) is 0 Å². The first-order valence-corrected chi connectivity index (χ1v) is 2.03. The molecule has 0 aromatic carbocycles.